The molecule has 0 saturated carbocycles. The Labute approximate surface area is 80.9 Å². The average Bonchev–Trinajstić information content (AvgIpc) is 2.69. The maximum absolute atomic E-state index is 11.1. The first-order valence-corrected chi connectivity index (χ1v) is 4.57. The molecular weight excluding hydrogens is 184 g/mol. The number of aromatic nitrogens is 3. The molecule has 1 fully saturated rings. The molecule has 0 atom stereocenters. The summed E-state index contributed by atoms with van der Waals surface area (Å²) in [6, 6.07) is 0.121. The quantitative estimate of drug-likeness (QED) is 0.707. The predicted molar refractivity (Wildman–Crippen MR) is 50.7 cm³/mol. The molecule has 76 valence electrons. The minimum Gasteiger partial charge on any atom is -0.467 e. The lowest BCUT2D eigenvalue weighted by Gasteiger charge is -2.14. The molecule has 1 N–H and O–H groups in total. The molecule has 1 aromatic rings. The Hall–Kier alpha value is -1.59. The van der Waals surface area contributed by atoms with Crippen LogP contribution in [0.3, 0.4) is 0 Å². The molecule has 0 unspecified atom stereocenters. The maximum atomic E-state index is 11.1. The lowest BCUT2D eigenvalue weighted by Crippen LogP contribution is -2.25. The summed E-state index contributed by atoms with van der Waals surface area (Å²) in [6.45, 7) is 1.85. The summed E-state index contributed by atoms with van der Waals surface area (Å²) in [6.07, 6.45) is 2.27. The molecule has 0 aliphatic carbocycles. The lowest BCUT2D eigenvalue weighted by molar-refractivity contribution is 0.376. The van der Waals surface area contributed by atoms with Crippen LogP contribution in [-0.4, -0.2) is 35.2 Å². The van der Waals surface area contributed by atoms with Crippen molar-refractivity contribution in [1.82, 2.24) is 15.0 Å². The fraction of sp³-hybridized carbons (Fsp3) is 0.625. The van der Waals surface area contributed by atoms with Crippen LogP contribution in [0.25, 0.3) is 0 Å². The average molecular weight is 196 g/mol. The number of hydrogen-bond donors (Lipinski definition) is 1. The number of H-pyrrole nitrogens is 1. The minimum absolute atomic E-state index is 0.121. The van der Waals surface area contributed by atoms with Gasteiger partial charge >= 0.3 is 11.7 Å². The van der Waals surface area contributed by atoms with Gasteiger partial charge in [0.1, 0.15) is 0 Å². The third-order valence-corrected chi connectivity index (χ3v) is 2.21. The van der Waals surface area contributed by atoms with Crippen molar-refractivity contribution < 1.29 is 4.74 Å². The van der Waals surface area contributed by atoms with Gasteiger partial charge in [-0.2, -0.15) is 4.98 Å². The van der Waals surface area contributed by atoms with Crippen LogP contribution < -0.4 is 15.3 Å². The van der Waals surface area contributed by atoms with E-state index in [0.717, 1.165) is 25.9 Å². The highest BCUT2D eigenvalue weighted by Crippen LogP contribution is 2.14. The van der Waals surface area contributed by atoms with Crippen LogP contribution in [0.1, 0.15) is 12.8 Å². The van der Waals surface area contributed by atoms with Gasteiger partial charge in [0, 0.05) is 13.1 Å². The number of nitrogens with zero attached hydrogens (tertiary/aromatic N) is 3. The van der Waals surface area contributed by atoms with E-state index in [9.17, 15) is 4.79 Å². The van der Waals surface area contributed by atoms with Crippen LogP contribution in [0, 0.1) is 0 Å². The molecule has 1 aliphatic heterocycles. The first-order chi connectivity index (χ1) is 6.79. The van der Waals surface area contributed by atoms with Crippen LogP contribution in [0.2, 0.25) is 0 Å². The highest BCUT2D eigenvalue weighted by Gasteiger charge is 2.15. The molecule has 6 heteroatoms. The molecule has 1 aliphatic rings. The maximum Gasteiger partial charge on any atom is 0.352 e. The van der Waals surface area contributed by atoms with Crippen molar-refractivity contribution in [3.8, 4) is 6.01 Å². The van der Waals surface area contributed by atoms with E-state index in [0.29, 0.717) is 5.95 Å². The van der Waals surface area contributed by atoms with Gasteiger partial charge in [-0.05, 0) is 12.8 Å². The molecule has 6 nitrogen and oxygen atoms in total. The number of nitrogens with one attached hydrogen (secondary N) is 1. The summed E-state index contributed by atoms with van der Waals surface area (Å²) >= 11 is 0. The largest absolute Gasteiger partial charge is 0.467 e. The van der Waals surface area contributed by atoms with Gasteiger partial charge in [0.25, 0.3) is 0 Å². The first kappa shape index (κ1) is 8.98. The van der Waals surface area contributed by atoms with Gasteiger partial charge in [0.15, 0.2) is 0 Å². The van der Waals surface area contributed by atoms with Gasteiger partial charge in [-0.1, -0.05) is 0 Å². The first-order valence-electron chi connectivity index (χ1n) is 4.57. The fourth-order valence-corrected chi connectivity index (χ4v) is 1.52. The lowest BCUT2D eigenvalue weighted by atomic mass is 10.4. The van der Waals surface area contributed by atoms with Gasteiger partial charge in [0.05, 0.1) is 7.11 Å². The molecule has 2 rings (SSSR count). The van der Waals surface area contributed by atoms with Crippen molar-refractivity contribution in [2.24, 2.45) is 0 Å². The summed E-state index contributed by atoms with van der Waals surface area (Å²) < 4.78 is 4.83. The zero-order chi connectivity index (χ0) is 9.97. The highest BCUT2D eigenvalue weighted by atomic mass is 16.5. The smallest absolute Gasteiger partial charge is 0.352 e. The van der Waals surface area contributed by atoms with Crippen LogP contribution in [0.15, 0.2) is 4.79 Å². The Morgan fingerprint density at radius 3 is 2.71 bits per heavy atom. The molecule has 0 radical (unpaired) electrons. The molecule has 14 heavy (non-hydrogen) atoms. The Bertz CT molecular complexity index is 370. The second-order valence-electron chi connectivity index (χ2n) is 3.16. The highest BCUT2D eigenvalue weighted by molar-refractivity contribution is 5.30. The van der Waals surface area contributed by atoms with E-state index >= 15 is 0 Å². The monoisotopic (exact) mass is 196 g/mol. The zero-order valence-electron chi connectivity index (χ0n) is 7.99. The van der Waals surface area contributed by atoms with Gasteiger partial charge in [-0.15, -0.1) is 4.98 Å². The van der Waals surface area contributed by atoms with Crippen molar-refractivity contribution in [2.75, 3.05) is 25.1 Å². The summed E-state index contributed by atoms with van der Waals surface area (Å²) in [5.41, 5.74) is -0.418. The number of anilines is 1. The molecular formula is C8H12N4O2. The van der Waals surface area contributed by atoms with E-state index in [4.69, 9.17) is 4.74 Å². The van der Waals surface area contributed by atoms with Crippen LogP contribution in [0.4, 0.5) is 5.95 Å². The number of aromatic amines is 1. The van der Waals surface area contributed by atoms with E-state index in [-0.39, 0.29) is 6.01 Å². The Morgan fingerprint density at radius 2 is 2.07 bits per heavy atom. The normalized spacial score (nSPS) is 15.9. The summed E-state index contributed by atoms with van der Waals surface area (Å²) in [4.78, 5) is 23.3. The van der Waals surface area contributed by atoms with Crippen LogP contribution in [0.5, 0.6) is 6.01 Å². The van der Waals surface area contributed by atoms with Gasteiger partial charge < -0.3 is 9.64 Å². The minimum atomic E-state index is -0.418. The summed E-state index contributed by atoms with van der Waals surface area (Å²) in [5, 5.41) is 0. The number of ether oxygens (including phenoxy) is 1. The van der Waals surface area contributed by atoms with Crippen molar-refractivity contribution in [3.63, 3.8) is 0 Å². The molecule has 0 spiro atoms. The second-order valence-corrected chi connectivity index (χ2v) is 3.16. The number of rotatable bonds is 2. The van der Waals surface area contributed by atoms with E-state index in [1.165, 1.54) is 7.11 Å². The molecule has 0 amide bonds. The molecule has 0 bridgehead atoms. The molecule has 1 saturated heterocycles. The summed E-state index contributed by atoms with van der Waals surface area (Å²) in [5.74, 6) is 0.555. The van der Waals surface area contributed by atoms with Crippen molar-refractivity contribution >= 4 is 5.95 Å². The van der Waals surface area contributed by atoms with Gasteiger partial charge in [0.2, 0.25) is 5.95 Å². The van der Waals surface area contributed by atoms with Gasteiger partial charge in [-0.3, -0.25) is 4.98 Å². The van der Waals surface area contributed by atoms with E-state index < -0.39 is 5.69 Å². The third-order valence-electron chi connectivity index (χ3n) is 2.21. The standard InChI is InChI=1S/C8H12N4O2/c1-14-8-10-6(9-7(13)11-8)12-4-2-3-5-12/h2-5H2,1H3,(H,9,10,11,13). The third kappa shape index (κ3) is 1.68. The van der Waals surface area contributed by atoms with Crippen molar-refractivity contribution in [1.29, 1.82) is 0 Å². The van der Waals surface area contributed by atoms with Gasteiger partial charge in [-0.25, -0.2) is 4.79 Å². The van der Waals surface area contributed by atoms with E-state index in [1.807, 2.05) is 4.90 Å². The Kier molecular flexibility index (Phi) is 2.34. The molecule has 1 aromatic heterocycles. The second kappa shape index (κ2) is 3.65. The van der Waals surface area contributed by atoms with Crippen LogP contribution in [-0.2, 0) is 0 Å². The predicted octanol–water partition coefficient (Wildman–Crippen LogP) is -0.226. The van der Waals surface area contributed by atoms with Crippen molar-refractivity contribution in [3.05, 3.63) is 10.5 Å². The van der Waals surface area contributed by atoms with Crippen LogP contribution >= 0.6 is 0 Å². The fourth-order valence-electron chi connectivity index (χ4n) is 1.52. The van der Waals surface area contributed by atoms with E-state index in [1.54, 1.807) is 0 Å². The Morgan fingerprint density at radius 1 is 1.36 bits per heavy atom. The topological polar surface area (TPSA) is 71.1 Å². The molecule has 0 aromatic carbocycles. The SMILES string of the molecule is COc1nc(N2CCCC2)[nH]c(=O)n1. The summed E-state index contributed by atoms with van der Waals surface area (Å²) in [7, 11) is 1.45. The number of hydrogen-bond acceptors (Lipinski definition) is 5. The molecule has 2 heterocycles. The van der Waals surface area contributed by atoms with Crippen molar-refractivity contribution in [2.45, 2.75) is 12.8 Å². The van der Waals surface area contributed by atoms with E-state index in [2.05, 4.69) is 15.0 Å². The zero-order valence-corrected chi connectivity index (χ0v) is 7.99. The Balaban J connectivity index is 2.32. The number of methoxy groups -OCH3 is 1.